The van der Waals surface area contributed by atoms with Gasteiger partial charge in [-0.3, -0.25) is 9.10 Å². The number of nitrogens with one attached hydrogen (secondary N) is 1. The Kier molecular flexibility index (Phi) is 6.92. The van der Waals surface area contributed by atoms with Gasteiger partial charge in [-0.2, -0.15) is 0 Å². The number of sulfonamides is 1. The first-order valence-electron chi connectivity index (χ1n) is 7.92. The molecule has 0 aliphatic heterocycles. The quantitative estimate of drug-likeness (QED) is 0.750. The van der Waals surface area contributed by atoms with Crippen LogP contribution in [0.15, 0.2) is 48.5 Å². The Hall–Kier alpha value is -1.76. The summed E-state index contributed by atoms with van der Waals surface area (Å²) < 4.78 is 25.2. The lowest BCUT2D eigenvalue weighted by atomic mass is 10.0. The molecule has 0 bridgehead atoms. The second-order valence-electron chi connectivity index (χ2n) is 6.01. The van der Waals surface area contributed by atoms with Gasteiger partial charge >= 0.3 is 0 Å². The molecule has 26 heavy (non-hydrogen) atoms. The van der Waals surface area contributed by atoms with Crippen LogP contribution in [0.4, 0.5) is 5.69 Å². The Bertz CT molecular complexity index is 853. The molecular formula is C18H20Cl2N2O3S. The normalized spacial score (nSPS) is 12.5. The van der Waals surface area contributed by atoms with Gasteiger partial charge in [0.25, 0.3) is 0 Å². The second kappa shape index (κ2) is 8.75. The van der Waals surface area contributed by atoms with E-state index in [2.05, 4.69) is 5.32 Å². The van der Waals surface area contributed by atoms with Crippen molar-refractivity contribution in [3.8, 4) is 0 Å². The minimum Gasteiger partial charge on any atom is -0.354 e. The first kappa shape index (κ1) is 20.6. The van der Waals surface area contributed by atoms with Crippen molar-refractivity contribution >= 4 is 44.8 Å². The fourth-order valence-electron chi connectivity index (χ4n) is 2.44. The molecule has 2 rings (SSSR count). The number of halogens is 2. The fraction of sp³-hybridized carbons (Fsp3) is 0.278. The summed E-state index contributed by atoms with van der Waals surface area (Å²) in [4.78, 5) is 12.3. The fourth-order valence-corrected chi connectivity index (χ4v) is 3.79. The molecule has 8 heteroatoms. The van der Waals surface area contributed by atoms with E-state index in [1.807, 2.05) is 37.3 Å². The number of nitrogens with zero attached hydrogens (tertiary/aromatic N) is 1. The molecule has 5 nitrogen and oxygen atoms in total. The summed E-state index contributed by atoms with van der Waals surface area (Å²) in [5.74, 6) is -0.304. The lowest BCUT2D eigenvalue weighted by molar-refractivity contribution is -0.119. The third kappa shape index (κ3) is 5.90. The van der Waals surface area contributed by atoms with Crippen LogP contribution in [-0.2, 0) is 14.8 Å². The number of rotatable bonds is 7. The number of amides is 1. The monoisotopic (exact) mass is 414 g/mol. The Balaban J connectivity index is 2.08. The summed E-state index contributed by atoms with van der Waals surface area (Å²) in [6.45, 7) is 2.04. The molecule has 0 aromatic heterocycles. The number of anilines is 1. The lowest BCUT2D eigenvalue weighted by Gasteiger charge is -2.23. The summed E-state index contributed by atoms with van der Waals surface area (Å²) in [6, 6.07) is 14.2. The van der Waals surface area contributed by atoms with Crippen molar-refractivity contribution in [2.24, 2.45) is 0 Å². The zero-order valence-electron chi connectivity index (χ0n) is 14.4. The van der Waals surface area contributed by atoms with Crippen LogP contribution in [0.3, 0.4) is 0 Å². The molecule has 140 valence electrons. The maximum atomic E-state index is 12.3. The van der Waals surface area contributed by atoms with Crippen LogP contribution in [0.1, 0.15) is 18.4 Å². The van der Waals surface area contributed by atoms with Gasteiger partial charge in [-0.25, -0.2) is 8.42 Å². The highest BCUT2D eigenvalue weighted by Crippen LogP contribution is 2.26. The van der Waals surface area contributed by atoms with Crippen molar-refractivity contribution in [2.45, 2.75) is 12.8 Å². The first-order chi connectivity index (χ1) is 12.2. The van der Waals surface area contributed by atoms with Crippen LogP contribution in [-0.4, -0.2) is 33.7 Å². The standard InChI is InChI=1S/C18H20Cl2N2O3S/c1-13(14-6-4-3-5-7-14)11-21-18(23)12-22(26(2,24)25)17-9-15(19)8-16(20)10-17/h3-10,13H,11-12H2,1-2H3,(H,21,23)/t13-/m1/s1. The first-order valence-corrected chi connectivity index (χ1v) is 10.5. The van der Waals surface area contributed by atoms with Crippen LogP contribution < -0.4 is 9.62 Å². The number of carbonyl (C=O) groups is 1. The highest BCUT2D eigenvalue weighted by Gasteiger charge is 2.22. The Morgan fingerprint density at radius 3 is 2.23 bits per heavy atom. The van der Waals surface area contributed by atoms with Crippen LogP contribution in [0.5, 0.6) is 0 Å². The Labute approximate surface area is 164 Å². The summed E-state index contributed by atoms with van der Waals surface area (Å²) in [5, 5.41) is 3.35. The molecule has 0 saturated carbocycles. The Morgan fingerprint density at radius 1 is 1.12 bits per heavy atom. The van der Waals surface area contributed by atoms with Gasteiger partial charge in [-0.1, -0.05) is 60.5 Å². The van der Waals surface area contributed by atoms with Crippen molar-refractivity contribution in [2.75, 3.05) is 23.7 Å². The third-order valence-electron chi connectivity index (χ3n) is 3.80. The number of hydrogen-bond acceptors (Lipinski definition) is 3. The molecule has 0 unspecified atom stereocenters. The molecule has 0 heterocycles. The van der Waals surface area contributed by atoms with Gasteiger partial charge in [0.15, 0.2) is 0 Å². The molecule has 1 N–H and O–H groups in total. The molecule has 0 radical (unpaired) electrons. The number of benzene rings is 2. The zero-order chi connectivity index (χ0) is 19.3. The predicted octanol–water partition coefficient (Wildman–Crippen LogP) is 3.68. The smallest absolute Gasteiger partial charge is 0.240 e. The van der Waals surface area contributed by atoms with Gasteiger partial charge in [0.05, 0.1) is 11.9 Å². The van der Waals surface area contributed by atoms with E-state index in [0.717, 1.165) is 16.1 Å². The highest BCUT2D eigenvalue weighted by molar-refractivity contribution is 7.92. The molecule has 0 aliphatic rings. The van der Waals surface area contributed by atoms with Gasteiger partial charge in [0.1, 0.15) is 6.54 Å². The number of hydrogen-bond donors (Lipinski definition) is 1. The average Bonchev–Trinajstić information content (AvgIpc) is 2.56. The van der Waals surface area contributed by atoms with E-state index in [1.165, 1.54) is 18.2 Å². The zero-order valence-corrected chi connectivity index (χ0v) is 16.8. The second-order valence-corrected chi connectivity index (χ2v) is 8.79. The van der Waals surface area contributed by atoms with Gasteiger partial charge in [-0.15, -0.1) is 0 Å². The maximum Gasteiger partial charge on any atom is 0.240 e. The molecule has 0 aliphatic carbocycles. The SMILES string of the molecule is C[C@H](CNC(=O)CN(c1cc(Cl)cc(Cl)c1)S(C)(=O)=O)c1ccccc1. The van der Waals surface area contributed by atoms with E-state index in [-0.39, 0.29) is 18.2 Å². The highest BCUT2D eigenvalue weighted by atomic mass is 35.5. The summed E-state index contributed by atoms with van der Waals surface area (Å²) in [6.07, 6.45) is 1.03. The molecule has 2 aromatic carbocycles. The average molecular weight is 415 g/mol. The van der Waals surface area contributed by atoms with E-state index in [4.69, 9.17) is 23.2 Å². The van der Waals surface area contributed by atoms with E-state index in [9.17, 15) is 13.2 Å². The molecule has 0 saturated heterocycles. The maximum absolute atomic E-state index is 12.3. The van der Waals surface area contributed by atoms with Crippen molar-refractivity contribution < 1.29 is 13.2 Å². The van der Waals surface area contributed by atoms with Gasteiger partial charge in [0, 0.05) is 16.6 Å². The van der Waals surface area contributed by atoms with Crippen LogP contribution in [0.25, 0.3) is 0 Å². The molecular weight excluding hydrogens is 395 g/mol. The van der Waals surface area contributed by atoms with E-state index in [0.29, 0.717) is 16.6 Å². The van der Waals surface area contributed by atoms with Crippen molar-refractivity contribution in [3.63, 3.8) is 0 Å². The number of carbonyl (C=O) groups excluding carboxylic acids is 1. The summed E-state index contributed by atoms with van der Waals surface area (Å²) in [5.41, 5.74) is 1.34. The molecule has 2 aromatic rings. The van der Waals surface area contributed by atoms with E-state index < -0.39 is 15.9 Å². The van der Waals surface area contributed by atoms with Crippen LogP contribution in [0.2, 0.25) is 10.0 Å². The lowest BCUT2D eigenvalue weighted by Crippen LogP contribution is -2.41. The van der Waals surface area contributed by atoms with Gasteiger partial charge in [-0.05, 0) is 29.7 Å². The summed E-state index contributed by atoms with van der Waals surface area (Å²) in [7, 11) is -3.68. The van der Waals surface area contributed by atoms with Gasteiger partial charge in [0.2, 0.25) is 15.9 Å². The van der Waals surface area contributed by atoms with Gasteiger partial charge < -0.3 is 5.32 Å². The van der Waals surface area contributed by atoms with Crippen LogP contribution >= 0.6 is 23.2 Å². The molecule has 0 fully saturated rings. The summed E-state index contributed by atoms with van der Waals surface area (Å²) >= 11 is 11.9. The van der Waals surface area contributed by atoms with Crippen LogP contribution in [0, 0.1) is 0 Å². The molecule has 0 spiro atoms. The minimum atomic E-state index is -3.68. The molecule has 1 atom stereocenters. The Morgan fingerprint density at radius 2 is 1.69 bits per heavy atom. The largest absolute Gasteiger partial charge is 0.354 e. The van der Waals surface area contributed by atoms with E-state index >= 15 is 0 Å². The molecule has 1 amide bonds. The van der Waals surface area contributed by atoms with E-state index in [1.54, 1.807) is 0 Å². The van der Waals surface area contributed by atoms with Crippen molar-refractivity contribution in [3.05, 3.63) is 64.1 Å². The minimum absolute atomic E-state index is 0.104. The topological polar surface area (TPSA) is 66.5 Å². The third-order valence-corrected chi connectivity index (χ3v) is 5.37. The predicted molar refractivity (Wildman–Crippen MR) is 107 cm³/mol. The van der Waals surface area contributed by atoms with Crippen molar-refractivity contribution in [1.82, 2.24) is 5.32 Å². The van der Waals surface area contributed by atoms with Crippen molar-refractivity contribution in [1.29, 1.82) is 0 Å².